The summed E-state index contributed by atoms with van der Waals surface area (Å²) >= 11 is 6.13. The van der Waals surface area contributed by atoms with Crippen molar-refractivity contribution in [1.82, 2.24) is 10.2 Å². The number of benzene rings is 3. The number of carbonyl (C=O) groups is 2. The SMILES string of the molecule is O=C(NC(Cc1ccccc1)C(=O)N1CCN(c2cccc(Cl)c2)CC1)c1ccccc1. The highest BCUT2D eigenvalue weighted by molar-refractivity contribution is 6.30. The molecule has 1 atom stereocenters. The smallest absolute Gasteiger partial charge is 0.251 e. The van der Waals surface area contributed by atoms with Gasteiger partial charge in [-0.05, 0) is 35.9 Å². The van der Waals surface area contributed by atoms with E-state index in [-0.39, 0.29) is 11.8 Å². The van der Waals surface area contributed by atoms with E-state index in [4.69, 9.17) is 11.6 Å². The molecule has 4 rings (SSSR count). The van der Waals surface area contributed by atoms with Crippen LogP contribution >= 0.6 is 11.6 Å². The summed E-state index contributed by atoms with van der Waals surface area (Å²) in [5.74, 6) is -0.290. The lowest BCUT2D eigenvalue weighted by molar-refractivity contribution is -0.133. The van der Waals surface area contributed by atoms with Gasteiger partial charge in [0.15, 0.2) is 0 Å². The van der Waals surface area contributed by atoms with E-state index < -0.39 is 6.04 Å². The normalized spacial score (nSPS) is 14.7. The van der Waals surface area contributed by atoms with Crippen molar-refractivity contribution < 1.29 is 9.59 Å². The molecular formula is C26H26ClN3O2. The summed E-state index contributed by atoms with van der Waals surface area (Å²) in [6.07, 6.45) is 0.451. The van der Waals surface area contributed by atoms with Gasteiger partial charge in [-0.25, -0.2) is 0 Å². The van der Waals surface area contributed by atoms with E-state index >= 15 is 0 Å². The minimum Gasteiger partial charge on any atom is -0.368 e. The minimum absolute atomic E-state index is 0.0520. The van der Waals surface area contributed by atoms with Crippen molar-refractivity contribution in [1.29, 1.82) is 0 Å². The summed E-state index contributed by atoms with van der Waals surface area (Å²) in [7, 11) is 0. The van der Waals surface area contributed by atoms with Crippen LogP contribution in [0.4, 0.5) is 5.69 Å². The van der Waals surface area contributed by atoms with Gasteiger partial charge in [0.1, 0.15) is 6.04 Å². The van der Waals surface area contributed by atoms with Gasteiger partial charge in [-0.2, -0.15) is 0 Å². The van der Waals surface area contributed by atoms with Crippen LogP contribution in [0.1, 0.15) is 15.9 Å². The summed E-state index contributed by atoms with van der Waals surface area (Å²) in [6.45, 7) is 2.63. The second-order valence-corrected chi connectivity index (χ2v) is 8.31. The van der Waals surface area contributed by atoms with Gasteiger partial charge < -0.3 is 15.1 Å². The van der Waals surface area contributed by atoms with Gasteiger partial charge >= 0.3 is 0 Å². The summed E-state index contributed by atoms with van der Waals surface area (Å²) in [6, 6.07) is 25.9. The number of nitrogens with zero attached hydrogens (tertiary/aromatic N) is 2. The summed E-state index contributed by atoms with van der Waals surface area (Å²) in [5, 5.41) is 3.67. The Bertz CT molecular complexity index is 1050. The van der Waals surface area contributed by atoms with E-state index in [1.54, 1.807) is 12.1 Å². The first-order valence-corrected chi connectivity index (χ1v) is 11.2. The molecule has 0 radical (unpaired) electrons. The number of rotatable bonds is 6. The molecule has 1 aliphatic heterocycles. The molecule has 3 aromatic rings. The fraction of sp³-hybridized carbons (Fsp3) is 0.231. The average molecular weight is 448 g/mol. The van der Waals surface area contributed by atoms with E-state index in [1.165, 1.54) is 0 Å². The predicted octanol–water partition coefficient (Wildman–Crippen LogP) is 4.03. The lowest BCUT2D eigenvalue weighted by Crippen LogP contribution is -2.55. The maximum Gasteiger partial charge on any atom is 0.251 e. The number of anilines is 1. The van der Waals surface area contributed by atoms with Crippen molar-refractivity contribution in [3.63, 3.8) is 0 Å². The van der Waals surface area contributed by atoms with Gasteiger partial charge in [0.05, 0.1) is 0 Å². The summed E-state index contributed by atoms with van der Waals surface area (Å²) < 4.78 is 0. The van der Waals surface area contributed by atoms with Gasteiger partial charge in [0.25, 0.3) is 5.91 Å². The molecule has 0 bridgehead atoms. The Kier molecular flexibility index (Phi) is 7.07. The van der Waals surface area contributed by atoms with Crippen LogP contribution in [0.5, 0.6) is 0 Å². The molecule has 1 saturated heterocycles. The van der Waals surface area contributed by atoms with Gasteiger partial charge in [0.2, 0.25) is 5.91 Å². The van der Waals surface area contributed by atoms with Crippen LogP contribution < -0.4 is 10.2 Å². The molecule has 1 fully saturated rings. The molecule has 6 heteroatoms. The second-order valence-electron chi connectivity index (χ2n) is 7.87. The Morgan fingerprint density at radius 2 is 1.50 bits per heavy atom. The van der Waals surface area contributed by atoms with Crippen LogP contribution in [-0.2, 0) is 11.2 Å². The van der Waals surface area contributed by atoms with Crippen molar-refractivity contribution in [3.8, 4) is 0 Å². The largest absolute Gasteiger partial charge is 0.368 e. The highest BCUT2D eigenvalue weighted by atomic mass is 35.5. The van der Waals surface area contributed by atoms with Crippen LogP contribution in [0.2, 0.25) is 5.02 Å². The van der Waals surface area contributed by atoms with Crippen molar-refractivity contribution in [2.45, 2.75) is 12.5 Å². The third kappa shape index (κ3) is 5.48. The number of halogens is 1. The summed E-state index contributed by atoms with van der Waals surface area (Å²) in [5.41, 5.74) is 2.61. The zero-order chi connectivity index (χ0) is 22.3. The first-order chi connectivity index (χ1) is 15.6. The second kappa shape index (κ2) is 10.3. The third-order valence-corrected chi connectivity index (χ3v) is 5.92. The lowest BCUT2D eigenvalue weighted by Gasteiger charge is -2.37. The Hall–Kier alpha value is -3.31. The fourth-order valence-electron chi connectivity index (χ4n) is 3.96. The molecule has 5 nitrogen and oxygen atoms in total. The molecular weight excluding hydrogens is 422 g/mol. The molecule has 1 unspecified atom stereocenters. The molecule has 0 saturated carbocycles. The van der Waals surface area contributed by atoms with Gasteiger partial charge in [-0.3, -0.25) is 9.59 Å². The Morgan fingerprint density at radius 1 is 0.844 bits per heavy atom. The Balaban J connectivity index is 1.45. The van der Waals surface area contributed by atoms with Crippen LogP contribution in [0.25, 0.3) is 0 Å². The van der Waals surface area contributed by atoms with Crippen LogP contribution in [0.15, 0.2) is 84.9 Å². The Morgan fingerprint density at radius 3 is 2.16 bits per heavy atom. The first kappa shape index (κ1) is 21.9. The molecule has 0 aromatic heterocycles. The van der Waals surface area contributed by atoms with Crippen molar-refractivity contribution in [2.24, 2.45) is 0 Å². The molecule has 164 valence electrons. The van der Waals surface area contributed by atoms with Crippen molar-refractivity contribution in [3.05, 3.63) is 101 Å². The zero-order valence-corrected chi connectivity index (χ0v) is 18.5. The van der Waals surface area contributed by atoms with E-state index in [0.717, 1.165) is 24.3 Å². The van der Waals surface area contributed by atoms with Crippen molar-refractivity contribution in [2.75, 3.05) is 31.1 Å². The predicted molar refractivity (Wildman–Crippen MR) is 128 cm³/mol. The van der Waals surface area contributed by atoms with Crippen LogP contribution in [-0.4, -0.2) is 48.9 Å². The van der Waals surface area contributed by atoms with E-state index in [0.29, 0.717) is 30.1 Å². The van der Waals surface area contributed by atoms with Gasteiger partial charge in [-0.15, -0.1) is 0 Å². The van der Waals surface area contributed by atoms with Gasteiger partial charge in [-0.1, -0.05) is 66.2 Å². The molecule has 0 spiro atoms. The topological polar surface area (TPSA) is 52.7 Å². The molecule has 2 amide bonds. The molecule has 1 heterocycles. The minimum atomic E-state index is -0.622. The molecule has 32 heavy (non-hydrogen) atoms. The molecule has 1 N–H and O–H groups in total. The summed E-state index contributed by atoms with van der Waals surface area (Å²) in [4.78, 5) is 30.3. The highest BCUT2D eigenvalue weighted by Crippen LogP contribution is 2.21. The van der Waals surface area contributed by atoms with E-state index in [9.17, 15) is 9.59 Å². The number of carbonyl (C=O) groups excluding carboxylic acids is 2. The van der Waals surface area contributed by atoms with E-state index in [1.807, 2.05) is 77.7 Å². The molecule has 3 aromatic carbocycles. The number of nitrogens with one attached hydrogen (secondary N) is 1. The third-order valence-electron chi connectivity index (χ3n) is 5.69. The quantitative estimate of drug-likeness (QED) is 0.620. The molecule has 1 aliphatic rings. The average Bonchev–Trinajstić information content (AvgIpc) is 2.84. The van der Waals surface area contributed by atoms with Crippen LogP contribution in [0.3, 0.4) is 0 Å². The number of hydrogen-bond donors (Lipinski definition) is 1. The number of amides is 2. The fourth-order valence-corrected chi connectivity index (χ4v) is 4.14. The highest BCUT2D eigenvalue weighted by Gasteiger charge is 2.29. The first-order valence-electron chi connectivity index (χ1n) is 10.8. The van der Waals surface area contributed by atoms with Gasteiger partial charge in [0, 0.05) is 48.9 Å². The Labute approximate surface area is 193 Å². The maximum atomic E-state index is 13.4. The zero-order valence-electron chi connectivity index (χ0n) is 17.8. The number of hydrogen-bond acceptors (Lipinski definition) is 3. The van der Waals surface area contributed by atoms with Crippen LogP contribution in [0, 0.1) is 0 Å². The molecule has 0 aliphatic carbocycles. The van der Waals surface area contributed by atoms with Crippen molar-refractivity contribution >= 4 is 29.1 Å². The monoisotopic (exact) mass is 447 g/mol. The maximum absolute atomic E-state index is 13.4. The standard InChI is InChI=1S/C26H26ClN3O2/c27-22-12-7-13-23(19-22)29-14-16-30(17-15-29)26(32)24(18-20-8-3-1-4-9-20)28-25(31)21-10-5-2-6-11-21/h1-13,19,24H,14-18H2,(H,28,31). The van der Waals surface area contributed by atoms with E-state index in [2.05, 4.69) is 10.2 Å². The number of piperazine rings is 1. The lowest BCUT2D eigenvalue weighted by atomic mass is 10.0.